The van der Waals surface area contributed by atoms with Crippen molar-refractivity contribution in [2.45, 2.75) is 32.9 Å². The van der Waals surface area contributed by atoms with E-state index in [-0.39, 0.29) is 11.9 Å². The summed E-state index contributed by atoms with van der Waals surface area (Å²) < 4.78 is 2.95. The van der Waals surface area contributed by atoms with Gasteiger partial charge in [-0.3, -0.25) is 9.48 Å². The van der Waals surface area contributed by atoms with Gasteiger partial charge in [0, 0.05) is 15.4 Å². The second kappa shape index (κ2) is 9.37. The van der Waals surface area contributed by atoms with Gasteiger partial charge in [0.25, 0.3) is 5.91 Å². The molecule has 1 atom stereocenters. The monoisotopic (exact) mass is 486 g/mol. The molecule has 160 valence electrons. The SMILES string of the molecule is CC[C@H](NC(=O)c1ccc2c(c1)c(C)nn2Cc1ccc(C#N)cc1)c1ccc(Br)cc1. The van der Waals surface area contributed by atoms with E-state index in [1.807, 2.05) is 78.3 Å². The zero-order chi connectivity index (χ0) is 22.7. The molecule has 1 heterocycles. The van der Waals surface area contributed by atoms with Crippen LogP contribution in [-0.2, 0) is 6.54 Å². The number of carbonyl (C=O) groups is 1. The molecule has 0 fully saturated rings. The summed E-state index contributed by atoms with van der Waals surface area (Å²) in [6.07, 6.45) is 0.803. The van der Waals surface area contributed by atoms with Crippen molar-refractivity contribution in [2.75, 3.05) is 0 Å². The molecular weight excluding hydrogens is 464 g/mol. The Hall–Kier alpha value is -3.43. The highest BCUT2D eigenvalue weighted by atomic mass is 79.9. The van der Waals surface area contributed by atoms with Crippen LogP contribution in [0.25, 0.3) is 10.9 Å². The van der Waals surface area contributed by atoms with Crippen molar-refractivity contribution in [1.82, 2.24) is 15.1 Å². The Labute approximate surface area is 195 Å². The topological polar surface area (TPSA) is 70.7 Å². The molecule has 3 aromatic carbocycles. The van der Waals surface area contributed by atoms with Gasteiger partial charge in [0.1, 0.15) is 0 Å². The van der Waals surface area contributed by atoms with Gasteiger partial charge in [-0.25, -0.2) is 0 Å². The minimum absolute atomic E-state index is 0.0495. The van der Waals surface area contributed by atoms with Gasteiger partial charge in [-0.2, -0.15) is 10.4 Å². The lowest BCUT2D eigenvalue weighted by atomic mass is 10.0. The van der Waals surface area contributed by atoms with Gasteiger partial charge in [-0.1, -0.05) is 47.1 Å². The number of nitriles is 1. The van der Waals surface area contributed by atoms with Gasteiger partial charge in [0.15, 0.2) is 0 Å². The molecule has 0 saturated heterocycles. The number of rotatable bonds is 6. The third-order valence-corrected chi connectivity index (χ3v) is 6.13. The van der Waals surface area contributed by atoms with Crippen LogP contribution in [0.1, 0.15) is 52.1 Å². The van der Waals surface area contributed by atoms with Gasteiger partial charge >= 0.3 is 0 Å². The van der Waals surface area contributed by atoms with Crippen molar-refractivity contribution >= 4 is 32.7 Å². The maximum atomic E-state index is 13.0. The third-order valence-electron chi connectivity index (χ3n) is 5.60. The molecule has 6 heteroatoms. The number of benzene rings is 3. The molecule has 0 aliphatic heterocycles. The first-order chi connectivity index (χ1) is 15.5. The molecule has 1 N–H and O–H groups in total. The second-order valence-corrected chi connectivity index (χ2v) is 8.69. The van der Waals surface area contributed by atoms with E-state index in [0.717, 1.165) is 38.6 Å². The fraction of sp³-hybridized carbons (Fsp3) is 0.192. The molecule has 4 rings (SSSR count). The van der Waals surface area contributed by atoms with Crippen molar-refractivity contribution in [3.63, 3.8) is 0 Å². The number of halogens is 1. The normalized spacial score (nSPS) is 11.8. The fourth-order valence-electron chi connectivity index (χ4n) is 3.82. The molecule has 0 unspecified atom stereocenters. The lowest BCUT2D eigenvalue weighted by Gasteiger charge is -2.18. The molecule has 0 aliphatic carbocycles. The minimum atomic E-state index is -0.0964. The van der Waals surface area contributed by atoms with Crippen molar-refractivity contribution < 1.29 is 4.79 Å². The Bertz CT molecular complexity index is 1300. The molecule has 0 aliphatic rings. The average molecular weight is 487 g/mol. The highest BCUT2D eigenvalue weighted by Crippen LogP contribution is 2.23. The summed E-state index contributed by atoms with van der Waals surface area (Å²) in [5, 5.41) is 17.8. The lowest BCUT2D eigenvalue weighted by molar-refractivity contribution is 0.0935. The number of aromatic nitrogens is 2. The van der Waals surface area contributed by atoms with Crippen LogP contribution in [0.15, 0.2) is 71.2 Å². The van der Waals surface area contributed by atoms with E-state index in [1.54, 1.807) is 0 Å². The zero-order valence-electron chi connectivity index (χ0n) is 18.0. The highest BCUT2D eigenvalue weighted by Gasteiger charge is 2.16. The minimum Gasteiger partial charge on any atom is -0.345 e. The maximum absolute atomic E-state index is 13.0. The smallest absolute Gasteiger partial charge is 0.251 e. The summed E-state index contributed by atoms with van der Waals surface area (Å²) in [5.41, 5.74) is 5.26. The fourth-order valence-corrected chi connectivity index (χ4v) is 4.08. The Morgan fingerprint density at radius 2 is 1.84 bits per heavy atom. The largest absolute Gasteiger partial charge is 0.345 e. The molecule has 32 heavy (non-hydrogen) atoms. The number of carbonyl (C=O) groups excluding carboxylic acids is 1. The summed E-state index contributed by atoms with van der Waals surface area (Å²) in [7, 11) is 0. The standard InChI is InChI=1S/C26H23BrN4O/c1-3-24(20-8-11-22(27)12-9-20)29-26(32)21-10-13-25-23(14-21)17(2)30-31(25)16-19-6-4-18(15-28)5-7-19/h4-14,24H,3,16H2,1-2H3,(H,29,32)/t24-/m0/s1. The molecule has 0 saturated carbocycles. The van der Waals surface area contributed by atoms with E-state index < -0.39 is 0 Å². The Morgan fingerprint density at radius 1 is 1.12 bits per heavy atom. The van der Waals surface area contributed by atoms with E-state index in [4.69, 9.17) is 5.26 Å². The predicted molar refractivity (Wildman–Crippen MR) is 129 cm³/mol. The van der Waals surface area contributed by atoms with E-state index in [9.17, 15) is 4.79 Å². The van der Waals surface area contributed by atoms with Crippen LogP contribution in [0, 0.1) is 18.3 Å². The van der Waals surface area contributed by atoms with E-state index >= 15 is 0 Å². The van der Waals surface area contributed by atoms with Gasteiger partial charge in [0.05, 0.1) is 35.4 Å². The van der Waals surface area contributed by atoms with Crippen LogP contribution < -0.4 is 5.32 Å². The summed E-state index contributed by atoms with van der Waals surface area (Å²) in [6, 6.07) is 23.3. The first kappa shape index (κ1) is 21.8. The first-order valence-corrected chi connectivity index (χ1v) is 11.3. The number of hydrogen-bond acceptors (Lipinski definition) is 3. The molecule has 1 amide bonds. The van der Waals surface area contributed by atoms with E-state index in [0.29, 0.717) is 17.7 Å². The van der Waals surface area contributed by atoms with E-state index in [2.05, 4.69) is 39.3 Å². The van der Waals surface area contributed by atoms with Gasteiger partial charge in [0.2, 0.25) is 0 Å². The zero-order valence-corrected chi connectivity index (χ0v) is 19.6. The highest BCUT2D eigenvalue weighted by molar-refractivity contribution is 9.10. The predicted octanol–water partition coefficient (Wildman–Crippen LogP) is 5.91. The Morgan fingerprint density at radius 3 is 2.50 bits per heavy atom. The average Bonchev–Trinajstić information content (AvgIpc) is 3.13. The third kappa shape index (κ3) is 4.58. The van der Waals surface area contributed by atoms with Gasteiger partial charge in [-0.05, 0) is 66.9 Å². The Balaban J connectivity index is 1.56. The second-order valence-electron chi connectivity index (χ2n) is 7.77. The molecular formula is C26H23BrN4O. The van der Waals surface area contributed by atoms with Crippen molar-refractivity contribution in [2.24, 2.45) is 0 Å². The Kier molecular flexibility index (Phi) is 6.38. The van der Waals surface area contributed by atoms with Crippen LogP contribution in [-0.4, -0.2) is 15.7 Å². The van der Waals surface area contributed by atoms with Crippen molar-refractivity contribution in [3.05, 3.63) is 99.2 Å². The van der Waals surface area contributed by atoms with Crippen LogP contribution in [0.4, 0.5) is 0 Å². The number of hydrogen-bond donors (Lipinski definition) is 1. The van der Waals surface area contributed by atoms with Crippen LogP contribution in [0.3, 0.4) is 0 Å². The molecule has 1 aromatic heterocycles. The summed E-state index contributed by atoms with van der Waals surface area (Å²) in [5.74, 6) is -0.0964. The quantitative estimate of drug-likeness (QED) is 0.368. The van der Waals surface area contributed by atoms with Gasteiger partial charge < -0.3 is 5.32 Å². The summed E-state index contributed by atoms with van der Waals surface area (Å²) in [6.45, 7) is 4.62. The van der Waals surface area contributed by atoms with Crippen LogP contribution in [0.5, 0.6) is 0 Å². The van der Waals surface area contributed by atoms with Crippen molar-refractivity contribution in [1.29, 1.82) is 5.26 Å². The number of fused-ring (bicyclic) bond motifs is 1. The van der Waals surface area contributed by atoms with Crippen LogP contribution >= 0.6 is 15.9 Å². The number of nitrogens with one attached hydrogen (secondary N) is 1. The number of aryl methyl sites for hydroxylation is 1. The molecule has 0 bridgehead atoms. The van der Waals surface area contributed by atoms with E-state index in [1.165, 1.54) is 0 Å². The summed E-state index contributed by atoms with van der Waals surface area (Å²) in [4.78, 5) is 13.0. The first-order valence-electron chi connectivity index (χ1n) is 10.5. The van der Waals surface area contributed by atoms with Crippen molar-refractivity contribution in [3.8, 4) is 6.07 Å². The molecule has 4 aromatic rings. The number of nitrogens with zero attached hydrogens (tertiary/aromatic N) is 3. The summed E-state index contributed by atoms with van der Waals surface area (Å²) >= 11 is 3.45. The van der Waals surface area contributed by atoms with Crippen LogP contribution in [0.2, 0.25) is 0 Å². The maximum Gasteiger partial charge on any atom is 0.251 e. The lowest BCUT2D eigenvalue weighted by Crippen LogP contribution is -2.28. The van der Waals surface area contributed by atoms with Gasteiger partial charge in [-0.15, -0.1) is 0 Å². The molecule has 5 nitrogen and oxygen atoms in total. The number of amides is 1. The molecule has 0 radical (unpaired) electrons. The molecule has 0 spiro atoms.